The third-order valence-corrected chi connectivity index (χ3v) is 11.0. The molecule has 8 nitrogen and oxygen atoms in total. The fraction of sp³-hybridized carbons (Fsp3) is 0.921. The Bertz CT molecular complexity index is 900. The molecular weight excluding hydrogens is 662 g/mol. The molecular formula is C38H70Na2O8S. The van der Waals surface area contributed by atoms with Gasteiger partial charge in [0.15, 0.2) is 10.5 Å². The Morgan fingerprint density at radius 1 is 0.469 bits per heavy atom. The third kappa shape index (κ3) is 29.6. The Hall–Kier alpha value is 0.520. The summed E-state index contributed by atoms with van der Waals surface area (Å²) in [5.74, 6) is -5.91. The zero-order valence-electron chi connectivity index (χ0n) is 32.0. The fourth-order valence-electron chi connectivity index (χ4n) is 6.52. The monoisotopic (exact) mass is 732 g/mol. The number of unbranched alkanes of at least 4 members (excludes halogenated alkanes) is 30. The largest absolute Gasteiger partial charge is 1.00 e. The van der Waals surface area contributed by atoms with Crippen LogP contribution in [0.3, 0.4) is 0 Å². The second kappa shape index (κ2) is 36.9. The van der Waals surface area contributed by atoms with Gasteiger partial charge in [-0.2, -0.15) is 8.42 Å². The van der Waals surface area contributed by atoms with Crippen molar-refractivity contribution in [1.29, 1.82) is 0 Å². The second-order valence-corrected chi connectivity index (χ2v) is 15.6. The topological polar surface area (TPSA) is 152 Å². The van der Waals surface area contributed by atoms with Crippen molar-refractivity contribution in [3.8, 4) is 0 Å². The van der Waals surface area contributed by atoms with Crippen molar-refractivity contribution >= 4 is 27.8 Å². The molecule has 0 aromatic heterocycles. The number of hydrogen-bond donors (Lipinski definition) is 1. The standard InChI is InChI=1S/C38H72O8S.2Na/c1-2-3-4-5-6-7-8-9-10-11-12-13-14-15-16-17-18-19-20-21-22-23-24-25-26-27-28-29-30-31-32-33-35(39)38(37(42)43,34-36(40)41)47(44,45)46;;/h2-34H2,1H3,(H,40,41)(H,42,43)(H,44,45,46);;/q;2*+1/p-2. The molecule has 0 heterocycles. The summed E-state index contributed by atoms with van der Waals surface area (Å²) < 4.78 is 28.9. The summed E-state index contributed by atoms with van der Waals surface area (Å²) >= 11 is 0. The number of ketones is 1. The zero-order valence-corrected chi connectivity index (χ0v) is 36.9. The number of hydrogen-bond acceptors (Lipinski definition) is 7. The van der Waals surface area contributed by atoms with Crippen LogP contribution in [0.2, 0.25) is 0 Å². The van der Waals surface area contributed by atoms with Gasteiger partial charge in [-0.1, -0.05) is 200 Å². The van der Waals surface area contributed by atoms with E-state index in [0.29, 0.717) is 6.42 Å². The number of carboxylic acids is 2. The molecule has 0 amide bonds. The van der Waals surface area contributed by atoms with E-state index >= 15 is 0 Å². The molecule has 0 saturated heterocycles. The van der Waals surface area contributed by atoms with Crippen molar-refractivity contribution in [3.05, 3.63) is 0 Å². The van der Waals surface area contributed by atoms with E-state index in [0.717, 1.165) is 25.7 Å². The molecule has 0 rings (SSSR count). The van der Waals surface area contributed by atoms with Crippen molar-refractivity contribution in [1.82, 2.24) is 0 Å². The van der Waals surface area contributed by atoms with Crippen LogP contribution in [0.25, 0.3) is 0 Å². The Morgan fingerprint density at radius 3 is 0.878 bits per heavy atom. The molecule has 0 aromatic rings. The molecule has 49 heavy (non-hydrogen) atoms. The van der Waals surface area contributed by atoms with Gasteiger partial charge in [-0.3, -0.25) is 9.35 Å². The van der Waals surface area contributed by atoms with Crippen LogP contribution < -0.4 is 69.3 Å². The third-order valence-electron chi connectivity index (χ3n) is 9.62. The molecule has 278 valence electrons. The van der Waals surface area contributed by atoms with Gasteiger partial charge in [0.1, 0.15) is 0 Å². The number of aliphatic carboxylic acids is 2. The Kier molecular flexibility index (Phi) is 40.5. The Balaban J connectivity index is -0.0000106. The molecule has 0 aliphatic heterocycles. The van der Waals surface area contributed by atoms with E-state index in [2.05, 4.69) is 6.92 Å². The first-order chi connectivity index (χ1) is 22.6. The molecule has 0 aromatic carbocycles. The van der Waals surface area contributed by atoms with E-state index in [1.54, 1.807) is 0 Å². The maximum absolute atomic E-state index is 12.3. The molecule has 0 radical (unpaired) electrons. The van der Waals surface area contributed by atoms with Crippen LogP contribution in [-0.2, 0) is 24.5 Å². The summed E-state index contributed by atoms with van der Waals surface area (Å²) in [6.07, 6.45) is 37.2. The van der Waals surface area contributed by atoms with Gasteiger partial charge in [0.2, 0.25) is 0 Å². The molecule has 0 spiro atoms. The van der Waals surface area contributed by atoms with Crippen molar-refractivity contribution in [2.24, 2.45) is 0 Å². The van der Waals surface area contributed by atoms with Crippen molar-refractivity contribution in [2.75, 3.05) is 0 Å². The van der Waals surface area contributed by atoms with Crippen LogP contribution in [0.4, 0.5) is 0 Å². The van der Waals surface area contributed by atoms with Crippen LogP contribution >= 0.6 is 0 Å². The average molecular weight is 733 g/mol. The second-order valence-electron chi connectivity index (χ2n) is 13.9. The molecule has 0 aliphatic rings. The van der Waals surface area contributed by atoms with Crippen LogP contribution in [0, 0.1) is 0 Å². The SMILES string of the molecule is CCCCCCCCCCCCCCCCCCCCCCCCCCCCCCCCCC(=O)C(CC(=O)[O-])(C(=O)[O-])S(=O)(=O)O.[Na+].[Na+]. The van der Waals surface area contributed by atoms with Crippen molar-refractivity contribution in [2.45, 2.75) is 224 Å². The Morgan fingerprint density at radius 2 is 0.694 bits per heavy atom. The number of carbonyl (C=O) groups excluding carboxylic acids is 3. The number of carboxylic acid groups (broad SMARTS) is 2. The molecule has 0 aliphatic carbocycles. The van der Waals surface area contributed by atoms with Crippen LogP contribution in [0.1, 0.15) is 219 Å². The maximum Gasteiger partial charge on any atom is 1.00 e. The van der Waals surface area contributed by atoms with Crippen LogP contribution in [-0.4, -0.2) is 35.4 Å². The van der Waals surface area contributed by atoms with Gasteiger partial charge in [-0.25, -0.2) is 0 Å². The van der Waals surface area contributed by atoms with E-state index in [1.165, 1.54) is 161 Å². The maximum atomic E-state index is 12.3. The first-order valence-corrected chi connectivity index (χ1v) is 20.9. The average Bonchev–Trinajstić information content (AvgIpc) is 3.01. The summed E-state index contributed by atoms with van der Waals surface area (Å²) in [7, 11) is -5.53. The normalized spacial score (nSPS) is 12.5. The van der Waals surface area contributed by atoms with Gasteiger partial charge < -0.3 is 19.8 Å². The van der Waals surface area contributed by atoms with Gasteiger partial charge in [-0.05, 0) is 6.42 Å². The zero-order chi connectivity index (χ0) is 35.1. The van der Waals surface area contributed by atoms with Gasteiger partial charge in [0.25, 0.3) is 10.1 Å². The van der Waals surface area contributed by atoms with E-state index < -0.39 is 45.4 Å². The summed E-state index contributed by atoms with van der Waals surface area (Å²) in [6.45, 7) is 2.28. The van der Waals surface area contributed by atoms with Crippen LogP contribution in [0.15, 0.2) is 0 Å². The number of rotatable bonds is 37. The minimum atomic E-state index is -5.53. The first-order valence-electron chi connectivity index (χ1n) is 19.5. The summed E-state index contributed by atoms with van der Waals surface area (Å²) in [5.41, 5.74) is 0. The number of Topliss-reactive ketones (excluding diaryl/α,β-unsaturated/α-hetero) is 1. The van der Waals surface area contributed by atoms with Gasteiger partial charge in [-0.15, -0.1) is 0 Å². The first kappa shape index (κ1) is 53.9. The van der Waals surface area contributed by atoms with E-state index in [4.69, 9.17) is 0 Å². The molecule has 11 heteroatoms. The fourth-order valence-corrected chi connectivity index (χ4v) is 7.42. The molecule has 0 bridgehead atoms. The molecule has 1 unspecified atom stereocenters. The molecule has 0 fully saturated rings. The minimum absolute atomic E-state index is 0. The predicted molar refractivity (Wildman–Crippen MR) is 187 cm³/mol. The van der Waals surface area contributed by atoms with E-state index in [9.17, 15) is 37.6 Å². The summed E-state index contributed by atoms with van der Waals surface area (Å²) in [4.78, 5) is 34.5. The van der Waals surface area contributed by atoms with Gasteiger partial charge in [0.05, 0.1) is 5.97 Å². The van der Waals surface area contributed by atoms with Crippen LogP contribution in [0.5, 0.6) is 0 Å². The van der Waals surface area contributed by atoms with E-state index in [-0.39, 0.29) is 65.5 Å². The summed E-state index contributed by atoms with van der Waals surface area (Å²) in [5, 5.41) is 22.2. The van der Waals surface area contributed by atoms with Gasteiger partial charge >= 0.3 is 59.1 Å². The minimum Gasteiger partial charge on any atom is -0.550 e. The van der Waals surface area contributed by atoms with Crippen molar-refractivity contribution < 1.29 is 96.7 Å². The predicted octanol–water partition coefficient (Wildman–Crippen LogP) is 2.58. The smallest absolute Gasteiger partial charge is 0.550 e. The molecule has 1 atom stereocenters. The molecule has 1 N–H and O–H groups in total. The quantitative estimate of drug-likeness (QED) is 0.0443. The Labute approximate surface area is 345 Å². The van der Waals surface area contributed by atoms with Crippen molar-refractivity contribution in [3.63, 3.8) is 0 Å². The summed E-state index contributed by atoms with van der Waals surface area (Å²) in [6, 6.07) is 0. The van der Waals surface area contributed by atoms with Gasteiger partial charge in [0, 0.05) is 18.8 Å². The number of carbonyl (C=O) groups is 3. The van der Waals surface area contributed by atoms with E-state index in [1.807, 2.05) is 0 Å². The molecule has 0 saturated carbocycles.